The van der Waals surface area contributed by atoms with E-state index in [1.165, 1.54) is 6.07 Å². The smallest absolute Gasteiger partial charge is 0.274 e. The van der Waals surface area contributed by atoms with Gasteiger partial charge in [-0.25, -0.2) is 0 Å². The van der Waals surface area contributed by atoms with Gasteiger partial charge in [0.1, 0.15) is 17.8 Å². The molecule has 6 aromatic rings. The van der Waals surface area contributed by atoms with Gasteiger partial charge in [-0.15, -0.1) is 0 Å². The highest BCUT2D eigenvalue weighted by molar-refractivity contribution is 5.98. The molecular formula is C60H73N9O9. The summed E-state index contributed by atoms with van der Waals surface area (Å²) in [5.41, 5.74) is 3.17. The lowest BCUT2D eigenvalue weighted by molar-refractivity contribution is -0.133. The molecule has 0 radical (unpaired) electrons. The maximum absolute atomic E-state index is 13.7. The van der Waals surface area contributed by atoms with Crippen LogP contribution in [0.25, 0.3) is 32.7 Å². The predicted molar refractivity (Wildman–Crippen MR) is 299 cm³/mol. The Kier molecular flexibility index (Phi) is 20.0. The highest BCUT2D eigenvalue weighted by Gasteiger charge is 2.30. The third-order valence-electron chi connectivity index (χ3n) is 12.4. The average molecular weight is 1060 g/mol. The molecule has 412 valence electrons. The summed E-state index contributed by atoms with van der Waals surface area (Å²) in [5.74, 6) is -3.46. The molecule has 0 saturated carbocycles. The van der Waals surface area contributed by atoms with Crippen molar-refractivity contribution < 1.29 is 42.9 Å². The van der Waals surface area contributed by atoms with Crippen LogP contribution in [0.15, 0.2) is 114 Å². The van der Waals surface area contributed by atoms with Gasteiger partial charge in [0.15, 0.2) is 5.69 Å². The van der Waals surface area contributed by atoms with Crippen LogP contribution in [0.1, 0.15) is 120 Å². The van der Waals surface area contributed by atoms with Gasteiger partial charge in [0.25, 0.3) is 5.91 Å². The molecule has 8 amide bonds. The fraction of sp³-hybridized carbons (Fsp3) is 0.383. The van der Waals surface area contributed by atoms with E-state index in [-0.39, 0.29) is 56.2 Å². The fourth-order valence-corrected chi connectivity index (χ4v) is 8.89. The van der Waals surface area contributed by atoms with Crippen molar-refractivity contribution in [1.29, 1.82) is 0 Å². The Morgan fingerprint density at radius 2 is 1.04 bits per heavy atom. The first-order valence-electron chi connectivity index (χ1n) is 26.3. The highest BCUT2D eigenvalue weighted by atomic mass is 16.5. The molecule has 4 atom stereocenters. The normalized spacial score (nSPS) is 13.0. The number of hydrogen-bond donors (Lipinski definition) is 8. The second-order valence-electron chi connectivity index (χ2n) is 21.9. The second kappa shape index (κ2) is 26.6. The van der Waals surface area contributed by atoms with Crippen LogP contribution >= 0.6 is 0 Å². The maximum atomic E-state index is 13.7. The number of nitrogens with zero attached hydrogens (tertiary/aromatic N) is 1. The van der Waals surface area contributed by atoms with E-state index < -0.39 is 70.7 Å². The molecule has 0 bridgehead atoms. The Hall–Kier alpha value is -8.41. The van der Waals surface area contributed by atoms with Gasteiger partial charge in [0, 0.05) is 61.6 Å². The van der Waals surface area contributed by atoms with E-state index >= 15 is 0 Å². The molecule has 78 heavy (non-hydrogen) atoms. The van der Waals surface area contributed by atoms with Gasteiger partial charge in [-0.1, -0.05) is 96.2 Å². The number of benzene rings is 5. The Balaban J connectivity index is 1.05. The molecule has 0 spiro atoms. The molecule has 0 unspecified atom stereocenters. The van der Waals surface area contributed by atoms with E-state index in [1.54, 1.807) is 41.5 Å². The maximum Gasteiger partial charge on any atom is 0.274 e. The Morgan fingerprint density at radius 3 is 1.62 bits per heavy atom. The number of carbonyl (C=O) groups excluding carboxylic acids is 8. The van der Waals surface area contributed by atoms with E-state index in [2.05, 4.69) is 47.7 Å². The molecule has 0 aliphatic rings. The Bertz CT molecular complexity index is 3150. The van der Waals surface area contributed by atoms with E-state index in [4.69, 9.17) is 4.52 Å². The van der Waals surface area contributed by atoms with Crippen molar-refractivity contribution in [2.24, 2.45) is 0 Å². The monoisotopic (exact) mass is 1060 g/mol. The van der Waals surface area contributed by atoms with E-state index in [0.717, 1.165) is 49.4 Å². The van der Waals surface area contributed by atoms with Crippen molar-refractivity contribution in [3.8, 4) is 11.1 Å². The standard InChI is InChI=1S/C60H73N9O9/c1-36(26-52(71)61-34-43-21-15-19-40-17-10-12-22-46(40)43)63-56(75)48(32-54(73)67-59(4,5)6)65-51(70)25-24-39-16-14-20-41(29-39)44-30-42-18-11-13-23-47(42)45(31-44)35-62-53(72)27-37(2)64-57(76)49(33-55(74)68-60(7,8)9)66-58(77)50-28-38(3)78-69-50/h10-23,28-31,36-37,48-49H,24-27,32-35H2,1-9H3,(H,61,71)(H,62,72)(H,63,75)(H,64,76)(H,65,70)(H,66,77)(H,67,73)(H,68,74)/t36-,37-,48-,49-/m0/s1. The minimum absolute atomic E-state index is 0.0124. The zero-order valence-corrected chi connectivity index (χ0v) is 46.0. The number of hydrogen-bond acceptors (Lipinski definition) is 10. The van der Waals surface area contributed by atoms with Gasteiger partial charge in [0.2, 0.25) is 41.4 Å². The molecule has 18 heteroatoms. The van der Waals surface area contributed by atoms with Crippen molar-refractivity contribution in [3.63, 3.8) is 0 Å². The first-order chi connectivity index (χ1) is 36.9. The van der Waals surface area contributed by atoms with Crippen LogP contribution in [-0.2, 0) is 53.1 Å². The zero-order chi connectivity index (χ0) is 56.7. The topological polar surface area (TPSA) is 259 Å². The molecule has 0 aliphatic carbocycles. The van der Waals surface area contributed by atoms with Crippen LogP contribution < -0.4 is 42.5 Å². The number of rotatable bonds is 23. The van der Waals surface area contributed by atoms with Crippen LogP contribution in [0.5, 0.6) is 0 Å². The number of fused-ring (bicyclic) bond motifs is 2. The number of amides is 8. The zero-order valence-electron chi connectivity index (χ0n) is 46.0. The summed E-state index contributed by atoms with van der Waals surface area (Å²) in [4.78, 5) is 106. The molecule has 1 heterocycles. The van der Waals surface area contributed by atoms with Gasteiger partial charge in [-0.2, -0.15) is 0 Å². The molecule has 6 rings (SSSR count). The number of carbonyl (C=O) groups is 8. The van der Waals surface area contributed by atoms with E-state index in [0.29, 0.717) is 18.7 Å². The molecule has 8 N–H and O–H groups in total. The molecule has 0 fully saturated rings. The van der Waals surface area contributed by atoms with E-state index in [9.17, 15) is 38.4 Å². The van der Waals surface area contributed by atoms with Crippen LogP contribution in [-0.4, -0.2) is 87.7 Å². The lowest BCUT2D eigenvalue weighted by atomic mass is 9.95. The third-order valence-corrected chi connectivity index (χ3v) is 12.4. The lowest BCUT2D eigenvalue weighted by Gasteiger charge is -2.24. The second-order valence-corrected chi connectivity index (χ2v) is 21.9. The van der Waals surface area contributed by atoms with Crippen LogP contribution in [0.2, 0.25) is 0 Å². The summed E-state index contributed by atoms with van der Waals surface area (Å²) in [6.45, 7) is 16.3. The van der Waals surface area contributed by atoms with Crippen LogP contribution in [0, 0.1) is 6.92 Å². The van der Waals surface area contributed by atoms with Crippen molar-refractivity contribution in [1.82, 2.24) is 47.7 Å². The van der Waals surface area contributed by atoms with Crippen molar-refractivity contribution in [2.45, 2.75) is 149 Å². The summed E-state index contributed by atoms with van der Waals surface area (Å²) < 4.78 is 5.00. The van der Waals surface area contributed by atoms with Gasteiger partial charge in [-0.3, -0.25) is 38.4 Å². The molecular weight excluding hydrogens is 991 g/mol. The van der Waals surface area contributed by atoms with Crippen LogP contribution in [0.3, 0.4) is 0 Å². The fourth-order valence-electron chi connectivity index (χ4n) is 8.89. The summed E-state index contributed by atoms with van der Waals surface area (Å²) in [6, 6.07) is 31.0. The van der Waals surface area contributed by atoms with Crippen molar-refractivity contribution in [3.05, 3.63) is 137 Å². The summed E-state index contributed by atoms with van der Waals surface area (Å²) in [6.07, 6.45) is -0.452. The summed E-state index contributed by atoms with van der Waals surface area (Å²) in [5, 5.41) is 30.2. The number of aromatic nitrogens is 1. The van der Waals surface area contributed by atoms with Crippen molar-refractivity contribution >= 4 is 68.8 Å². The van der Waals surface area contributed by atoms with E-state index in [1.807, 2.05) is 124 Å². The van der Waals surface area contributed by atoms with Crippen LogP contribution in [0.4, 0.5) is 0 Å². The molecule has 18 nitrogen and oxygen atoms in total. The summed E-state index contributed by atoms with van der Waals surface area (Å²) in [7, 11) is 0. The molecule has 5 aromatic carbocycles. The largest absolute Gasteiger partial charge is 0.361 e. The lowest BCUT2D eigenvalue weighted by Crippen LogP contribution is -2.52. The molecule has 0 saturated heterocycles. The SMILES string of the molecule is Cc1cc(C(=O)N[C@@H](CC(=O)NC(C)(C)C)C(=O)N[C@@H](C)CC(=O)NCc2cc(-c3cccc(CCC(=O)N[C@@H](CC(=O)NC(C)(C)C)C(=O)N[C@@H](C)CC(=O)NCc4cccc5ccccc45)c3)cc3ccccc23)no1. The number of aryl methyl sites for hydroxylation is 2. The minimum atomic E-state index is -1.27. The van der Waals surface area contributed by atoms with Gasteiger partial charge < -0.3 is 47.1 Å². The highest BCUT2D eigenvalue weighted by Crippen LogP contribution is 2.29. The Morgan fingerprint density at radius 1 is 0.513 bits per heavy atom. The molecule has 1 aromatic heterocycles. The first kappa shape index (κ1) is 58.8. The predicted octanol–water partition coefficient (Wildman–Crippen LogP) is 6.50. The van der Waals surface area contributed by atoms with Gasteiger partial charge in [0.05, 0.1) is 12.8 Å². The number of nitrogens with one attached hydrogen (secondary N) is 8. The van der Waals surface area contributed by atoms with Gasteiger partial charge in [-0.05, 0) is 130 Å². The Labute approximate surface area is 455 Å². The molecule has 0 aliphatic heterocycles. The van der Waals surface area contributed by atoms with Crippen molar-refractivity contribution in [2.75, 3.05) is 0 Å². The quantitative estimate of drug-likeness (QED) is 0.0345. The minimum Gasteiger partial charge on any atom is -0.361 e. The summed E-state index contributed by atoms with van der Waals surface area (Å²) >= 11 is 0. The van der Waals surface area contributed by atoms with Gasteiger partial charge >= 0.3 is 0 Å². The third kappa shape index (κ3) is 18.4. The average Bonchev–Trinajstić information content (AvgIpc) is 3.82. The first-order valence-corrected chi connectivity index (χ1v) is 26.3.